The summed E-state index contributed by atoms with van der Waals surface area (Å²) in [5.74, 6) is 0. The van der Waals surface area contributed by atoms with Gasteiger partial charge in [-0.25, -0.2) is 0 Å². The zero-order chi connectivity index (χ0) is 9.36. The van der Waals surface area contributed by atoms with Crippen molar-refractivity contribution in [2.75, 3.05) is 0 Å². The highest BCUT2D eigenvalue weighted by Gasteiger charge is 1.90. The number of unbranched alkanes of at least 4 members (excludes halogenated alkanes) is 2. The summed E-state index contributed by atoms with van der Waals surface area (Å²) >= 11 is 0. The third kappa shape index (κ3) is 4.36. The van der Waals surface area contributed by atoms with Crippen LogP contribution in [0.5, 0.6) is 0 Å². The highest BCUT2D eigenvalue weighted by molar-refractivity contribution is 5.14. The molecule has 0 saturated heterocycles. The van der Waals surface area contributed by atoms with Crippen LogP contribution in [0.2, 0.25) is 0 Å². The maximum absolute atomic E-state index is 8.40. The molecule has 1 aromatic rings. The lowest BCUT2D eigenvalue weighted by Crippen LogP contribution is -1.83. The molecule has 0 fully saturated rings. The molecule has 0 unspecified atom stereocenters. The minimum atomic E-state index is 0.976. The average Bonchev–Trinajstić information content (AvgIpc) is 2.19. The Hall–Kier alpha value is -1.24. The predicted octanol–water partition coefficient (Wildman–Crippen LogP) is 3.47. The van der Waals surface area contributed by atoms with E-state index in [0.717, 1.165) is 25.5 Å². The molecule has 1 N–H and O–H groups in total. The molecule has 1 rings (SSSR count). The zero-order valence-electron chi connectivity index (χ0n) is 7.82. The minimum absolute atomic E-state index is 0.976. The highest BCUT2D eigenvalue weighted by Crippen LogP contribution is 2.06. The van der Waals surface area contributed by atoms with Crippen LogP contribution in [-0.2, 0) is 6.42 Å². The fraction of sp³-hybridized carbons (Fsp3) is 0.333. The molecule has 1 nitrogen and oxygen atoms in total. The third-order valence-electron chi connectivity index (χ3n) is 2.03. The first-order chi connectivity index (χ1) is 6.43. The molecule has 0 spiro atoms. The summed E-state index contributed by atoms with van der Waals surface area (Å²) in [6.07, 6.45) is 7.37. The van der Waals surface area contributed by atoms with Gasteiger partial charge in [0.15, 0.2) is 0 Å². The number of rotatable bonds is 5. The zero-order valence-corrected chi connectivity index (χ0v) is 7.82. The van der Waals surface area contributed by atoms with Gasteiger partial charge in [0.1, 0.15) is 0 Å². The van der Waals surface area contributed by atoms with E-state index in [1.165, 1.54) is 12.0 Å². The first-order valence-electron chi connectivity index (χ1n) is 4.76. The first kappa shape index (κ1) is 9.85. The van der Waals surface area contributed by atoms with Gasteiger partial charge in [0.2, 0.25) is 0 Å². The van der Waals surface area contributed by atoms with Crippen LogP contribution in [0.1, 0.15) is 24.8 Å². The summed E-state index contributed by atoms with van der Waals surface area (Å²) in [6, 6.07) is 10.5. The average molecular weight is 176 g/mol. The molecule has 13 heavy (non-hydrogen) atoms. The van der Waals surface area contributed by atoms with Gasteiger partial charge < -0.3 is 5.11 Å². The lowest BCUT2D eigenvalue weighted by atomic mass is 10.1. The molecule has 0 amide bonds. The van der Waals surface area contributed by atoms with Gasteiger partial charge in [-0.15, -0.1) is 0 Å². The molecule has 0 aliphatic rings. The van der Waals surface area contributed by atoms with E-state index >= 15 is 0 Å². The minimum Gasteiger partial charge on any atom is -0.516 e. The molecule has 1 heteroatoms. The second-order valence-electron chi connectivity index (χ2n) is 3.12. The van der Waals surface area contributed by atoms with Gasteiger partial charge in [-0.2, -0.15) is 0 Å². The SMILES string of the molecule is OC=CCCCCc1ccccc1. The number of hydrogen-bond donors (Lipinski definition) is 1. The lowest BCUT2D eigenvalue weighted by molar-refractivity contribution is 0.470. The van der Waals surface area contributed by atoms with E-state index in [2.05, 4.69) is 24.3 Å². The van der Waals surface area contributed by atoms with Gasteiger partial charge in [0.05, 0.1) is 6.26 Å². The Labute approximate surface area is 79.7 Å². The summed E-state index contributed by atoms with van der Waals surface area (Å²) in [6.45, 7) is 0. The molecule has 0 radical (unpaired) electrons. The summed E-state index contributed by atoms with van der Waals surface area (Å²) in [7, 11) is 0. The lowest BCUT2D eigenvalue weighted by Gasteiger charge is -1.98. The molecule has 0 aliphatic carbocycles. The van der Waals surface area contributed by atoms with E-state index in [1.807, 2.05) is 6.07 Å². The Bertz CT molecular complexity index is 239. The maximum atomic E-state index is 8.40. The van der Waals surface area contributed by atoms with Crippen molar-refractivity contribution in [1.82, 2.24) is 0 Å². The molecular weight excluding hydrogens is 160 g/mol. The van der Waals surface area contributed by atoms with Crippen LogP contribution < -0.4 is 0 Å². The normalized spacial score (nSPS) is 10.8. The standard InChI is InChI=1S/C12H16O/c13-11-7-2-1-4-8-12-9-5-3-6-10-12/h3,5-7,9-11,13H,1-2,4,8H2. The van der Waals surface area contributed by atoms with Gasteiger partial charge in [-0.05, 0) is 31.2 Å². The predicted molar refractivity (Wildman–Crippen MR) is 55.8 cm³/mol. The fourth-order valence-corrected chi connectivity index (χ4v) is 1.31. The van der Waals surface area contributed by atoms with E-state index in [0.29, 0.717) is 0 Å². The van der Waals surface area contributed by atoms with Gasteiger partial charge in [-0.3, -0.25) is 0 Å². The van der Waals surface area contributed by atoms with Gasteiger partial charge >= 0.3 is 0 Å². The Morgan fingerprint density at radius 3 is 2.54 bits per heavy atom. The second-order valence-corrected chi connectivity index (χ2v) is 3.12. The van der Waals surface area contributed by atoms with Gasteiger partial charge in [0, 0.05) is 0 Å². The monoisotopic (exact) mass is 176 g/mol. The van der Waals surface area contributed by atoms with Crippen molar-refractivity contribution in [2.24, 2.45) is 0 Å². The smallest absolute Gasteiger partial charge is 0.0751 e. The number of aliphatic hydroxyl groups excluding tert-OH is 1. The van der Waals surface area contributed by atoms with E-state index in [-0.39, 0.29) is 0 Å². The van der Waals surface area contributed by atoms with Gasteiger partial charge in [0.25, 0.3) is 0 Å². The Morgan fingerprint density at radius 2 is 1.85 bits per heavy atom. The fourth-order valence-electron chi connectivity index (χ4n) is 1.31. The number of hydrogen-bond acceptors (Lipinski definition) is 1. The third-order valence-corrected chi connectivity index (χ3v) is 2.03. The molecule has 0 saturated carbocycles. The van der Waals surface area contributed by atoms with Crippen LogP contribution in [0.3, 0.4) is 0 Å². The van der Waals surface area contributed by atoms with E-state index < -0.39 is 0 Å². The van der Waals surface area contributed by atoms with Crippen molar-refractivity contribution in [2.45, 2.75) is 25.7 Å². The number of aryl methyl sites for hydroxylation is 1. The van der Waals surface area contributed by atoms with Crippen molar-refractivity contribution in [1.29, 1.82) is 0 Å². The second kappa shape index (κ2) is 6.30. The molecule has 0 atom stereocenters. The van der Waals surface area contributed by atoms with E-state index in [1.54, 1.807) is 6.08 Å². The molecule has 70 valence electrons. The molecule has 1 aromatic carbocycles. The molecule has 0 aromatic heterocycles. The number of benzene rings is 1. The van der Waals surface area contributed by atoms with Gasteiger partial charge in [-0.1, -0.05) is 36.4 Å². The Balaban J connectivity index is 2.13. The summed E-state index contributed by atoms with van der Waals surface area (Å²) < 4.78 is 0. The van der Waals surface area contributed by atoms with E-state index in [4.69, 9.17) is 5.11 Å². The summed E-state index contributed by atoms with van der Waals surface area (Å²) in [5, 5.41) is 8.40. The number of aliphatic hydroxyl groups is 1. The highest BCUT2D eigenvalue weighted by atomic mass is 16.2. The van der Waals surface area contributed by atoms with Crippen molar-refractivity contribution in [3.05, 3.63) is 48.2 Å². The summed E-state index contributed by atoms with van der Waals surface area (Å²) in [5.41, 5.74) is 1.40. The molecular formula is C12H16O. The molecule has 0 aliphatic heterocycles. The molecule has 0 heterocycles. The first-order valence-corrected chi connectivity index (χ1v) is 4.76. The van der Waals surface area contributed by atoms with Crippen LogP contribution in [0.15, 0.2) is 42.7 Å². The van der Waals surface area contributed by atoms with Crippen molar-refractivity contribution >= 4 is 0 Å². The number of allylic oxidation sites excluding steroid dienone is 1. The van der Waals surface area contributed by atoms with Crippen LogP contribution >= 0.6 is 0 Å². The van der Waals surface area contributed by atoms with Crippen LogP contribution in [0.25, 0.3) is 0 Å². The van der Waals surface area contributed by atoms with Crippen LogP contribution in [0, 0.1) is 0 Å². The van der Waals surface area contributed by atoms with Crippen LogP contribution in [-0.4, -0.2) is 5.11 Å². The Kier molecular flexibility index (Phi) is 4.77. The van der Waals surface area contributed by atoms with Crippen molar-refractivity contribution in [3.8, 4) is 0 Å². The van der Waals surface area contributed by atoms with Crippen molar-refractivity contribution in [3.63, 3.8) is 0 Å². The Morgan fingerprint density at radius 1 is 1.08 bits per heavy atom. The topological polar surface area (TPSA) is 20.2 Å². The quantitative estimate of drug-likeness (QED) is 0.538. The molecule has 0 bridgehead atoms. The summed E-state index contributed by atoms with van der Waals surface area (Å²) in [4.78, 5) is 0. The maximum Gasteiger partial charge on any atom is 0.0751 e. The van der Waals surface area contributed by atoms with E-state index in [9.17, 15) is 0 Å². The van der Waals surface area contributed by atoms with Crippen LogP contribution in [0.4, 0.5) is 0 Å². The largest absolute Gasteiger partial charge is 0.516 e. The van der Waals surface area contributed by atoms with Crippen molar-refractivity contribution < 1.29 is 5.11 Å².